The highest BCUT2D eigenvalue weighted by atomic mass is 79.9. The summed E-state index contributed by atoms with van der Waals surface area (Å²) < 4.78 is 24.2. The summed E-state index contributed by atoms with van der Waals surface area (Å²) in [6.07, 6.45) is 0. The van der Waals surface area contributed by atoms with Crippen LogP contribution < -0.4 is 5.32 Å². The number of hydrogen-bond acceptors (Lipinski definition) is 4. The van der Waals surface area contributed by atoms with E-state index < -0.39 is 9.84 Å². The molecule has 0 radical (unpaired) electrons. The van der Waals surface area contributed by atoms with Gasteiger partial charge < -0.3 is 5.32 Å². The van der Waals surface area contributed by atoms with Gasteiger partial charge in [-0.2, -0.15) is 0 Å². The van der Waals surface area contributed by atoms with Gasteiger partial charge in [-0.25, -0.2) is 8.42 Å². The Morgan fingerprint density at radius 2 is 2.20 bits per heavy atom. The average Bonchev–Trinajstić information content (AvgIpc) is 2.48. The first-order valence-corrected chi connectivity index (χ1v) is 8.11. The molecule has 6 heteroatoms. The molecule has 2 atom stereocenters. The molecular formula is C9H12BrNO2S2. The number of halogens is 1. The smallest absolute Gasteiger partial charge is 0.153 e. The van der Waals surface area contributed by atoms with Crippen molar-refractivity contribution in [2.24, 2.45) is 0 Å². The molecule has 2 rings (SSSR count). The molecule has 1 aromatic rings. The van der Waals surface area contributed by atoms with Crippen molar-refractivity contribution in [1.82, 2.24) is 5.32 Å². The second-order valence-electron chi connectivity index (χ2n) is 3.84. The van der Waals surface area contributed by atoms with Crippen LogP contribution >= 0.6 is 27.3 Å². The third-order valence-electron chi connectivity index (χ3n) is 2.35. The van der Waals surface area contributed by atoms with Gasteiger partial charge in [0.2, 0.25) is 0 Å². The Bertz CT molecular complexity index is 454. The Labute approximate surface area is 102 Å². The highest BCUT2D eigenvalue weighted by molar-refractivity contribution is 9.11. The van der Waals surface area contributed by atoms with Crippen LogP contribution in [-0.4, -0.2) is 26.0 Å². The fraction of sp³-hybridized carbons (Fsp3) is 0.556. The van der Waals surface area contributed by atoms with Crippen molar-refractivity contribution >= 4 is 37.1 Å². The third-order valence-corrected chi connectivity index (χ3v) is 5.93. The van der Waals surface area contributed by atoms with Gasteiger partial charge in [-0.1, -0.05) is 0 Å². The van der Waals surface area contributed by atoms with E-state index in [1.807, 2.05) is 19.1 Å². The Morgan fingerprint density at radius 3 is 2.73 bits per heavy atom. The lowest BCUT2D eigenvalue weighted by molar-refractivity contribution is 0.473. The van der Waals surface area contributed by atoms with E-state index in [1.165, 1.54) is 0 Å². The van der Waals surface area contributed by atoms with Gasteiger partial charge in [0.05, 0.1) is 21.3 Å². The third kappa shape index (κ3) is 2.81. The van der Waals surface area contributed by atoms with Gasteiger partial charge >= 0.3 is 0 Å². The van der Waals surface area contributed by atoms with E-state index in [1.54, 1.807) is 11.3 Å². The summed E-state index contributed by atoms with van der Waals surface area (Å²) in [5.41, 5.74) is 0. The zero-order chi connectivity index (χ0) is 11.1. The normalized spacial score (nSPS) is 30.3. The fourth-order valence-corrected chi connectivity index (χ4v) is 5.19. The van der Waals surface area contributed by atoms with E-state index in [-0.39, 0.29) is 23.6 Å². The Kier molecular flexibility index (Phi) is 3.21. The van der Waals surface area contributed by atoms with E-state index in [0.29, 0.717) is 0 Å². The van der Waals surface area contributed by atoms with Crippen LogP contribution in [0.5, 0.6) is 0 Å². The lowest BCUT2D eigenvalue weighted by Gasteiger charge is -2.27. The SMILES string of the molecule is CC1CS(=O)(=O)CC(c2ccc(Br)s2)N1. The molecule has 0 spiro atoms. The molecule has 3 nitrogen and oxygen atoms in total. The second kappa shape index (κ2) is 4.16. The van der Waals surface area contributed by atoms with Crippen molar-refractivity contribution in [3.8, 4) is 0 Å². The number of rotatable bonds is 1. The monoisotopic (exact) mass is 309 g/mol. The van der Waals surface area contributed by atoms with Crippen LogP contribution in [0.4, 0.5) is 0 Å². The first-order chi connectivity index (χ1) is 6.96. The predicted molar refractivity (Wildman–Crippen MR) is 66.0 cm³/mol. The maximum atomic E-state index is 11.6. The largest absolute Gasteiger partial charge is 0.305 e. The molecule has 1 saturated heterocycles. The van der Waals surface area contributed by atoms with Crippen molar-refractivity contribution in [2.75, 3.05) is 11.5 Å². The number of nitrogens with one attached hydrogen (secondary N) is 1. The zero-order valence-corrected chi connectivity index (χ0v) is 11.5. The summed E-state index contributed by atoms with van der Waals surface area (Å²) in [7, 11) is -2.89. The van der Waals surface area contributed by atoms with Crippen molar-refractivity contribution in [2.45, 2.75) is 19.0 Å². The predicted octanol–water partition coefficient (Wildman–Crippen LogP) is 1.96. The minimum Gasteiger partial charge on any atom is -0.305 e. The summed E-state index contributed by atoms with van der Waals surface area (Å²) in [4.78, 5) is 1.08. The van der Waals surface area contributed by atoms with Crippen LogP contribution in [-0.2, 0) is 9.84 Å². The maximum Gasteiger partial charge on any atom is 0.153 e. The molecule has 0 amide bonds. The fourth-order valence-electron chi connectivity index (χ4n) is 1.82. The molecule has 1 aliphatic heterocycles. The Hall–Kier alpha value is 0.0900. The van der Waals surface area contributed by atoms with Gasteiger partial charge in [0.1, 0.15) is 0 Å². The van der Waals surface area contributed by atoms with Crippen LogP contribution in [0, 0.1) is 0 Å². The maximum absolute atomic E-state index is 11.6. The van der Waals surface area contributed by atoms with Crippen LogP contribution in [0.1, 0.15) is 17.8 Å². The second-order valence-corrected chi connectivity index (χ2v) is 8.49. The van der Waals surface area contributed by atoms with Crippen LogP contribution in [0.3, 0.4) is 0 Å². The molecule has 1 aromatic heterocycles. The van der Waals surface area contributed by atoms with E-state index >= 15 is 0 Å². The number of hydrogen-bond donors (Lipinski definition) is 1. The summed E-state index contributed by atoms with van der Waals surface area (Å²) in [6, 6.07) is 3.91. The van der Waals surface area contributed by atoms with E-state index in [4.69, 9.17) is 0 Å². The molecule has 0 aromatic carbocycles. The molecule has 84 valence electrons. The number of thiophene rings is 1. The molecule has 0 saturated carbocycles. The van der Waals surface area contributed by atoms with E-state index in [2.05, 4.69) is 21.2 Å². The minimum absolute atomic E-state index is 0.0367. The Morgan fingerprint density at radius 1 is 1.47 bits per heavy atom. The lowest BCUT2D eigenvalue weighted by atomic mass is 10.2. The van der Waals surface area contributed by atoms with Crippen LogP contribution in [0.25, 0.3) is 0 Å². The van der Waals surface area contributed by atoms with Crippen LogP contribution in [0.15, 0.2) is 15.9 Å². The topological polar surface area (TPSA) is 46.2 Å². The summed E-state index contributed by atoms with van der Waals surface area (Å²) in [5, 5.41) is 3.31. The molecule has 1 aliphatic rings. The van der Waals surface area contributed by atoms with Crippen LogP contribution in [0.2, 0.25) is 0 Å². The van der Waals surface area contributed by atoms with Gasteiger partial charge in [0, 0.05) is 10.9 Å². The van der Waals surface area contributed by atoms with E-state index in [0.717, 1.165) is 8.66 Å². The lowest BCUT2D eigenvalue weighted by Crippen LogP contribution is -2.45. The highest BCUT2D eigenvalue weighted by Crippen LogP contribution is 2.30. The standard InChI is InChI=1S/C9H12BrNO2S2/c1-6-4-15(12,13)5-7(11-6)8-2-3-9(10)14-8/h2-3,6-7,11H,4-5H2,1H3. The molecule has 1 N–H and O–H groups in total. The van der Waals surface area contributed by atoms with E-state index in [9.17, 15) is 8.42 Å². The first-order valence-electron chi connectivity index (χ1n) is 4.68. The molecule has 0 aliphatic carbocycles. The minimum atomic E-state index is -2.89. The van der Waals surface area contributed by atoms with Crippen molar-refractivity contribution < 1.29 is 8.42 Å². The zero-order valence-electron chi connectivity index (χ0n) is 8.23. The highest BCUT2D eigenvalue weighted by Gasteiger charge is 2.30. The van der Waals surface area contributed by atoms with Gasteiger partial charge in [0.15, 0.2) is 9.84 Å². The van der Waals surface area contributed by atoms with Gasteiger partial charge in [-0.15, -0.1) is 11.3 Å². The first kappa shape index (κ1) is 11.6. The molecular weight excluding hydrogens is 298 g/mol. The van der Waals surface area contributed by atoms with Gasteiger partial charge in [-0.3, -0.25) is 0 Å². The van der Waals surface area contributed by atoms with Gasteiger partial charge in [-0.05, 0) is 35.0 Å². The van der Waals surface area contributed by atoms with Crippen molar-refractivity contribution in [3.05, 3.63) is 20.8 Å². The molecule has 2 unspecified atom stereocenters. The number of sulfone groups is 1. The van der Waals surface area contributed by atoms with Crippen molar-refractivity contribution in [3.63, 3.8) is 0 Å². The quantitative estimate of drug-likeness (QED) is 0.862. The molecule has 15 heavy (non-hydrogen) atoms. The average molecular weight is 310 g/mol. The molecule has 1 fully saturated rings. The molecule has 0 bridgehead atoms. The van der Waals surface area contributed by atoms with Gasteiger partial charge in [0.25, 0.3) is 0 Å². The summed E-state index contributed by atoms with van der Waals surface area (Å²) >= 11 is 4.97. The summed E-state index contributed by atoms with van der Waals surface area (Å²) in [6.45, 7) is 1.91. The summed E-state index contributed by atoms with van der Waals surface area (Å²) in [5.74, 6) is 0.459. The molecule has 2 heterocycles. The Balaban J connectivity index is 2.23. The van der Waals surface area contributed by atoms with Crippen molar-refractivity contribution in [1.29, 1.82) is 0 Å².